The SMILES string of the molecule is COC(=O)N(CC(=O)O)C1c2c(c3ccccc3c3ccccc23)-c2c1c1ccccc1c1ccccc21. The number of hydrogen-bond acceptors (Lipinski definition) is 3. The minimum Gasteiger partial charge on any atom is -0.480 e. The topological polar surface area (TPSA) is 66.8 Å². The number of carboxylic acid groups (broad SMARTS) is 1. The molecule has 1 aliphatic carbocycles. The lowest BCUT2D eigenvalue weighted by molar-refractivity contribution is -0.138. The summed E-state index contributed by atoms with van der Waals surface area (Å²) in [6.07, 6.45) is -0.675. The van der Waals surface area contributed by atoms with Crippen molar-refractivity contribution in [3.05, 3.63) is 108 Å². The van der Waals surface area contributed by atoms with Crippen molar-refractivity contribution >= 4 is 55.2 Å². The number of amides is 1. The molecule has 1 aliphatic rings. The maximum Gasteiger partial charge on any atom is 0.410 e. The van der Waals surface area contributed by atoms with Gasteiger partial charge in [0, 0.05) is 0 Å². The predicted octanol–water partition coefficient (Wildman–Crippen LogP) is 7.52. The first-order valence-electron chi connectivity index (χ1n) is 12.5. The third kappa shape index (κ3) is 2.99. The van der Waals surface area contributed by atoms with Crippen LogP contribution in [0.5, 0.6) is 0 Å². The molecule has 1 amide bonds. The molecular formula is C33H23NO4. The van der Waals surface area contributed by atoms with E-state index in [-0.39, 0.29) is 0 Å². The molecule has 0 atom stereocenters. The Balaban J connectivity index is 1.77. The molecule has 184 valence electrons. The molecule has 0 radical (unpaired) electrons. The van der Waals surface area contributed by atoms with Crippen molar-refractivity contribution in [2.24, 2.45) is 0 Å². The zero-order chi connectivity index (χ0) is 26.0. The van der Waals surface area contributed by atoms with Crippen molar-refractivity contribution in [2.75, 3.05) is 13.7 Å². The minimum absolute atomic E-state index is 0.488. The Morgan fingerprint density at radius 1 is 0.632 bits per heavy atom. The molecule has 6 aromatic carbocycles. The fraction of sp³-hybridized carbons (Fsp3) is 0.0909. The number of carbonyl (C=O) groups excluding carboxylic acids is 1. The normalized spacial score (nSPS) is 12.7. The summed E-state index contributed by atoms with van der Waals surface area (Å²) in [6, 6.07) is 32.3. The second-order valence-corrected chi connectivity index (χ2v) is 9.65. The van der Waals surface area contributed by atoms with E-state index >= 15 is 0 Å². The molecule has 0 heterocycles. The average molecular weight is 498 g/mol. The van der Waals surface area contributed by atoms with Gasteiger partial charge in [-0.15, -0.1) is 0 Å². The van der Waals surface area contributed by atoms with Crippen LogP contribution in [0, 0.1) is 0 Å². The first-order valence-corrected chi connectivity index (χ1v) is 12.5. The number of ether oxygens (including phenoxy) is 1. The van der Waals surface area contributed by atoms with Crippen molar-refractivity contribution in [1.82, 2.24) is 4.90 Å². The van der Waals surface area contributed by atoms with Crippen LogP contribution in [-0.2, 0) is 9.53 Å². The van der Waals surface area contributed by atoms with E-state index in [1.165, 1.54) is 12.0 Å². The van der Waals surface area contributed by atoms with E-state index in [2.05, 4.69) is 48.5 Å². The largest absolute Gasteiger partial charge is 0.480 e. The first kappa shape index (κ1) is 22.3. The molecule has 5 heteroatoms. The molecule has 38 heavy (non-hydrogen) atoms. The van der Waals surface area contributed by atoms with Crippen LogP contribution in [-0.4, -0.2) is 35.7 Å². The quantitative estimate of drug-likeness (QED) is 0.257. The van der Waals surface area contributed by atoms with Gasteiger partial charge >= 0.3 is 12.1 Å². The number of hydrogen-bond donors (Lipinski definition) is 1. The van der Waals surface area contributed by atoms with E-state index < -0.39 is 24.6 Å². The van der Waals surface area contributed by atoms with Crippen molar-refractivity contribution in [3.63, 3.8) is 0 Å². The number of methoxy groups -OCH3 is 1. The Morgan fingerprint density at radius 2 is 0.974 bits per heavy atom. The van der Waals surface area contributed by atoms with E-state index in [1.54, 1.807) is 0 Å². The Morgan fingerprint density at radius 3 is 1.34 bits per heavy atom. The van der Waals surface area contributed by atoms with E-state index in [0.717, 1.165) is 65.3 Å². The Kier molecular flexibility index (Phi) is 4.88. The smallest absolute Gasteiger partial charge is 0.410 e. The number of carbonyl (C=O) groups is 2. The maximum absolute atomic E-state index is 13.3. The highest BCUT2D eigenvalue weighted by Gasteiger charge is 2.41. The predicted molar refractivity (Wildman–Crippen MR) is 150 cm³/mol. The minimum atomic E-state index is -1.10. The fourth-order valence-electron chi connectivity index (χ4n) is 6.42. The second kappa shape index (κ2) is 8.32. The number of rotatable bonds is 3. The number of benzene rings is 6. The summed E-state index contributed by atoms with van der Waals surface area (Å²) in [5, 5.41) is 18.4. The number of nitrogens with zero attached hydrogens (tertiary/aromatic N) is 1. The molecule has 0 fully saturated rings. The lowest BCUT2D eigenvalue weighted by Gasteiger charge is -2.29. The third-order valence-corrected chi connectivity index (χ3v) is 7.77. The van der Waals surface area contributed by atoms with Gasteiger partial charge in [-0.05, 0) is 65.3 Å². The molecule has 0 aromatic heterocycles. The molecule has 6 aromatic rings. The van der Waals surface area contributed by atoms with Crippen LogP contribution in [0.2, 0.25) is 0 Å². The van der Waals surface area contributed by atoms with Crippen LogP contribution < -0.4 is 0 Å². The van der Waals surface area contributed by atoms with E-state index in [0.29, 0.717) is 0 Å². The van der Waals surface area contributed by atoms with Gasteiger partial charge in [-0.1, -0.05) is 97.1 Å². The molecule has 1 N–H and O–H groups in total. The Hall–Kier alpha value is -4.90. The molecule has 0 unspecified atom stereocenters. The summed E-state index contributed by atoms with van der Waals surface area (Å²) in [5.74, 6) is -1.10. The number of fused-ring (bicyclic) bond motifs is 13. The fourth-order valence-corrected chi connectivity index (χ4v) is 6.42. The summed E-state index contributed by atoms with van der Waals surface area (Å²) in [7, 11) is 1.30. The molecule has 5 nitrogen and oxygen atoms in total. The maximum atomic E-state index is 13.3. The monoisotopic (exact) mass is 497 g/mol. The van der Waals surface area contributed by atoms with Crippen molar-refractivity contribution < 1.29 is 19.4 Å². The van der Waals surface area contributed by atoms with Gasteiger partial charge in [0.15, 0.2) is 0 Å². The van der Waals surface area contributed by atoms with Gasteiger partial charge in [0.1, 0.15) is 6.54 Å². The van der Waals surface area contributed by atoms with Crippen LogP contribution in [0.25, 0.3) is 54.2 Å². The molecule has 0 saturated heterocycles. The molecule has 0 aliphatic heterocycles. The standard InChI is InChI=1S/C33H23NO4/c1-38-33(37)34(18-27(35)36)32-30-25-16-8-4-12-21(25)19-10-2-6-14-23(19)28(30)29-24-15-7-3-11-20(24)22-13-5-9-17-26(22)31(29)32/h2-17,32H,18H2,1H3,(H,35,36). The highest BCUT2D eigenvalue weighted by Crippen LogP contribution is 2.57. The van der Waals surface area contributed by atoms with E-state index in [9.17, 15) is 14.7 Å². The molecule has 7 rings (SSSR count). The third-order valence-electron chi connectivity index (χ3n) is 7.77. The Bertz CT molecular complexity index is 1830. The lowest BCUT2D eigenvalue weighted by atomic mass is 9.89. The lowest BCUT2D eigenvalue weighted by Crippen LogP contribution is -2.38. The summed E-state index contributed by atoms with van der Waals surface area (Å²) >= 11 is 0. The van der Waals surface area contributed by atoms with Gasteiger partial charge in [0.05, 0.1) is 13.2 Å². The van der Waals surface area contributed by atoms with Crippen LogP contribution in [0.1, 0.15) is 17.2 Å². The van der Waals surface area contributed by atoms with Gasteiger partial charge in [-0.25, -0.2) is 4.79 Å². The summed E-state index contributed by atoms with van der Waals surface area (Å²) in [4.78, 5) is 26.8. The van der Waals surface area contributed by atoms with Crippen molar-refractivity contribution in [1.29, 1.82) is 0 Å². The summed E-state index contributed by atoms with van der Waals surface area (Å²) < 4.78 is 5.18. The molecule has 0 spiro atoms. The molecule has 0 saturated carbocycles. The van der Waals surface area contributed by atoms with Gasteiger partial charge in [0.25, 0.3) is 0 Å². The first-order chi connectivity index (χ1) is 18.6. The average Bonchev–Trinajstić information content (AvgIpc) is 3.32. The van der Waals surface area contributed by atoms with E-state index in [1.807, 2.05) is 48.5 Å². The van der Waals surface area contributed by atoms with Crippen LogP contribution in [0.4, 0.5) is 4.79 Å². The van der Waals surface area contributed by atoms with Gasteiger partial charge in [0.2, 0.25) is 0 Å². The van der Waals surface area contributed by atoms with Gasteiger partial charge in [-0.2, -0.15) is 0 Å². The van der Waals surface area contributed by atoms with Gasteiger partial charge < -0.3 is 9.84 Å². The Labute approximate surface area is 218 Å². The van der Waals surface area contributed by atoms with Crippen LogP contribution >= 0.6 is 0 Å². The van der Waals surface area contributed by atoms with Crippen LogP contribution in [0.3, 0.4) is 0 Å². The highest BCUT2D eigenvalue weighted by molar-refractivity contribution is 6.25. The van der Waals surface area contributed by atoms with Crippen molar-refractivity contribution in [2.45, 2.75) is 6.04 Å². The van der Waals surface area contributed by atoms with Gasteiger partial charge in [-0.3, -0.25) is 9.69 Å². The second-order valence-electron chi connectivity index (χ2n) is 9.65. The zero-order valence-electron chi connectivity index (χ0n) is 20.6. The highest BCUT2D eigenvalue weighted by atomic mass is 16.5. The molecule has 0 bridgehead atoms. The molecular weight excluding hydrogens is 474 g/mol. The summed E-state index contributed by atoms with van der Waals surface area (Å²) in [5.41, 5.74) is 3.95. The number of carboxylic acids is 1. The summed E-state index contributed by atoms with van der Waals surface area (Å²) in [6.45, 7) is -0.488. The van der Waals surface area contributed by atoms with Crippen molar-refractivity contribution in [3.8, 4) is 11.1 Å². The van der Waals surface area contributed by atoms with Crippen LogP contribution in [0.15, 0.2) is 97.1 Å². The van der Waals surface area contributed by atoms with E-state index in [4.69, 9.17) is 4.74 Å². The zero-order valence-corrected chi connectivity index (χ0v) is 20.6. The number of aliphatic carboxylic acids is 1.